The number of likely N-dealkylation sites (N-methyl/N-ethyl adjacent to an activating group) is 1. The van der Waals surface area contributed by atoms with E-state index in [4.69, 9.17) is 11.6 Å². The molecule has 2 rings (SSSR count). The first-order chi connectivity index (χ1) is 8.43. The molecule has 102 valence electrons. The van der Waals surface area contributed by atoms with Gasteiger partial charge in [-0.05, 0) is 41.4 Å². The van der Waals surface area contributed by atoms with E-state index in [-0.39, 0.29) is 10.3 Å². The highest BCUT2D eigenvalue weighted by molar-refractivity contribution is 9.11. The van der Waals surface area contributed by atoms with E-state index >= 15 is 0 Å². The minimum Gasteiger partial charge on any atom is -0.315 e. The maximum absolute atomic E-state index is 12.4. The van der Waals surface area contributed by atoms with Crippen molar-refractivity contribution in [2.75, 3.05) is 20.1 Å². The lowest BCUT2D eigenvalue weighted by molar-refractivity contribution is 0.300. The minimum absolute atomic E-state index is 0.0170. The van der Waals surface area contributed by atoms with Crippen molar-refractivity contribution in [3.05, 3.63) is 14.9 Å². The van der Waals surface area contributed by atoms with E-state index in [1.807, 2.05) is 0 Å². The monoisotopic (exact) mass is 372 g/mol. The molecule has 2 heterocycles. The Balaban J connectivity index is 2.24. The van der Waals surface area contributed by atoms with Gasteiger partial charge in [0.05, 0.1) is 8.81 Å². The molecule has 0 amide bonds. The second-order valence-corrected chi connectivity index (χ2v) is 9.21. The van der Waals surface area contributed by atoms with E-state index in [1.165, 1.54) is 10.4 Å². The summed E-state index contributed by atoms with van der Waals surface area (Å²) < 4.78 is 27.2. The molecule has 0 aliphatic carbocycles. The van der Waals surface area contributed by atoms with Gasteiger partial charge in [-0.3, -0.25) is 0 Å². The maximum Gasteiger partial charge on any atom is 0.252 e. The second kappa shape index (κ2) is 5.76. The zero-order valence-corrected chi connectivity index (χ0v) is 13.8. The fraction of sp³-hybridized carbons (Fsp3) is 0.600. The molecule has 4 nitrogen and oxygen atoms in total. The van der Waals surface area contributed by atoms with Gasteiger partial charge >= 0.3 is 0 Å². The van der Waals surface area contributed by atoms with E-state index in [9.17, 15) is 8.42 Å². The number of nitrogens with zero attached hydrogens (tertiary/aromatic N) is 1. The summed E-state index contributed by atoms with van der Waals surface area (Å²) in [5.41, 5.74) is 0. The van der Waals surface area contributed by atoms with Crippen LogP contribution in [0.5, 0.6) is 0 Å². The van der Waals surface area contributed by atoms with Gasteiger partial charge in [0.15, 0.2) is 0 Å². The largest absolute Gasteiger partial charge is 0.315 e. The second-order valence-electron chi connectivity index (χ2n) is 4.21. The van der Waals surface area contributed by atoms with Crippen LogP contribution >= 0.6 is 38.9 Å². The highest BCUT2D eigenvalue weighted by atomic mass is 79.9. The molecular formula is C10H14BrClN2O2S2. The summed E-state index contributed by atoms with van der Waals surface area (Å²) in [5.74, 6) is 0. The number of nitrogens with one attached hydrogen (secondary N) is 1. The summed E-state index contributed by atoms with van der Waals surface area (Å²) in [4.78, 5) is 0. The van der Waals surface area contributed by atoms with Crippen LogP contribution in [-0.4, -0.2) is 38.9 Å². The predicted octanol–water partition coefficient (Wildman–Crippen LogP) is 2.54. The van der Waals surface area contributed by atoms with Crippen molar-refractivity contribution in [2.24, 2.45) is 0 Å². The first kappa shape index (κ1) is 14.7. The zero-order chi connectivity index (χ0) is 13.3. The summed E-state index contributed by atoms with van der Waals surface area (Å²) in [7, 11) is -1.81. The van der Waals surface area contributed by atoms with E-state index in [1.54, 1.807) is 7.05 Å². The Bertz CT molecular complexity index is 506. The average molecular weight is 374 g/mol. The lowest BCUT2D eigenvalue weighted by Crippen LogP contribution is -2.46. The molecule has 1 unspecified atom stereocenters. The van der Waals surface area contributed by atoms with Crippen molar-refractivity contribution in [2.45, 2.75) is 23.1 Å². The van der Waals surface area contributed by atoms with Crippen LogP contribution in [0.4, 0.5) is 0 Å². The number of halogens is 2. The van der Waals surface area contributed by atoms with Crippen molar-refractivity contribution >= 4 is 48.9 Å². The molecule has 1 aliphatic heterocycles. The molecule has 0 bridgehead atoms. The fourth-order valence-corrected chi connectivity index (χ4v) is 5.91. The third kappa shape index (κ3) is 2.91. The van der Waals surface area contributed by atoms with Crippen LogP contribution in [0.1, 0.15) is 12.8 Å². The van der Waals surface area contributed by atoms with Crippen molar-refractivity contribution in [3.63, 3.8) is 0 Å². The van der Waals surface area contributed by atoms with Crippen LogP contribution < -0.4 is 5.32 Å². The van der Waals surface area contributed by atoms with Gasteiger partial charge in [-0.1, -0.05) is 11.6 Å². The van der Waals surface area contributed by atoms with Gasteiger partial charge in [0.2, 0.25) is 0 Å². The molecule has 1 N–H and O–H groups in total. The standard InChI is InChI=1S/C10H14BrClN2O2S2/c1-14(7-3-2-4-13-6-7)18(15,16)9-5-8(12)10(11)17-9/h5,7,13H,2-4,6H2,1H3. The Hall–Kier alpha value is 0.340. The number of thiophene rings is 1. The summed E-state index contributed by atoms with van der Waals surface area (Å²) in [6.07, 6.45) is 1.89. The molecule has 1 aliphatic rings. The van der Waals surface area contributed by atoms with Crippen LogP contribution in [-0.2, 0) is 10.0 Å². The molecule has 1 atom stereocenters. The van der Waals surface area contributed by atoms with Crippen LogP contribution in [0.2, 0.25) is 5.02 Å². The Morgan fingerprint density at radius 2 is 2.33 bits per heavy atom. The lowest BCUT2D eigenvalue weighted by Gasteiger charge is -2.30. The topological polar surface area (TPSA) is 49.4 Å². The van der Waals surface area contributed by atoms with Crippen molar-refractivity contribution < 1.29 is 8.42 Å². The quantitative estimate of drug-likeness (QED) is 0.886. The van der Waals surface area contributed by atoms with Gasteiger partial charge in [-0.25, -0.2) is 8.42 Å². The van der Waals surface area contributed by atoms with E-state index < -0.39 is 10.0 Å². The normalized spacial score (nSPS) is 21.4. The smallest absolute Gasteiger partial charge is 0.252 e. The van der Waals surface area contributed by atoms with Crippen molar-refractivity contribution in [1.29, 1.82) is 0 Å². The Kier molecular flexibility index (Phi) is 4.72. The van der Waals surface area contributed by atoms with E-state index in [2.05, 4.69) is 21.2 Å². The summed E-state index contributed by atoms with van der Waals surface area (Å²) in [5, 5.41) is 3.66. The van der Waals surface area contributed by atoms with E-state index in [0.29, 0.717) is 15.4 Å². The third-order valence-electron chi connectivity index (χ3n) is 3.04. The molecule has 0 saturated carbocycles. The van der Waals surface area contributed by atoms with Crippen LogP contribution in [0.25, 0.3) is 0 Å². The predicted molar refractivity (Wildman–Crippen MR) is 77.9 cm³/mol. The van der Waals surface area contributed by atoms with E-state index in [0.717, 1.165) is 30.7 Å². The van der Waals surface area contributed by atoms with Gasteiger partial charge in [0.25, 0.3) is 10.0 Å². The molecule has 0 aromatic carbocycles. The Morgan fingerprint density at radius 1 is 1.61 bits per heavy atom. The van der Waals surface area contributed by atoms with Crippen LogP contribution in [0.15, 0.2) is 14.1 Å². The van der Waals surface area contributed by atoms with Gasteiger partial charge < -0.3 is 5.32 Å². The number of hydrogen-bond acceptors (Lipinski definition) is 4. The highest BCUT2D eigenvalue weighted by Crippen LogP contribution is 2.36. The molecule has 1 fully saturated rings. The SMILES string of the molecule is CN(C1CCCNC1)S(=O)(=O)c1cc(Cl)c(Br)s1. The zero-order valence-electron chi connectivity index (χ0n) is 9.82. The maximum atomic E-state index is 12.4. The van der Waals surface area contributed by atoms with Crippen molar-refractivity contribution in [1.82, 2.24) is 9.62 Å². The molecule has 18 heavy (non-hydrogen) atoms. The summed E-state index contributed by atoms with van der Waals surface area (Å²) in [6, 6.07) is 1.52. The van der Waals surface area contributed by atoms with Gasteiger partial charge in [-0.2, -0.15) is 4.31 Å². The number of piperidine rings is 1. The number of rotatable bonds is 3. The molecule has 0 spiro atoms. The molecular weight excluding hydrogens is 360 g/mol. The highest BCUT2D eigenvalue weighted by Gasteiger charge is 2.30. The average Bonchev–Trinajstić information content (AvgIpc) is 2.70. The van der Waals surface area contributed by atoms with Crippen molar-refractivity contribution in [3.8, 4) is 0 Å². The van der Waals surface area contributed by atoms with Gasteiger partial charge in [-0.15, -0.1) is 11.3 Å². The van der Waals surface area contributed by atoms with Gasteiger partial charge in [0, 0.05) is 19.6 Å². The van der Waals surface area contributed by atoms with Crippen LogP contribution in [0.3, 0.4) is 0 Å². The molecule has 1 saturated heterocycles. The fourth-order valence-electron chi connectivity index (χ4n) is 1.94. The van der Waals surface area contributed by atoms with Crippen LogP contribution in [0, 0.1) is 0 Å². The first-order valence-corrected chi connectivity index (χ1v) is 8.99. The molecule has 0 radical (unpaired) electrons. The molecule has 1 aromatic rings. The summed E-state index contributed by atoms with van der Waals surface area (Å²) in [6.45, 7) is 1.66. The Labute approximate surface area is 124 Å². The molecule has 8 heteroatoms. The number of hydrogen-bond donors (Lipinski definition) is 1. The minimum atomic E-state index is -3.44. The first-order valence-electron chi connectivity index (χ1n) is 5.56. The van der Waals surface area contributed by atoms with Gasteiger partial charge in [0.1, 0.15) is 4.21 Å². The summed E-state index contributed by atoms with van der Waals surface area (Å²) >= 11 is 10.3. The number of sulfonamides is 1. The molecule has 1 aromatic heterocycles. The lowest BCUT2D eigenvalue weighted by atomic mass is 10.1. The Morgan fingerprint density at radius 3 is 2.83 bits per heavy atom. The third-order valence-corrected chi connectivity index (χ3v) is 7.87.